The molecule has 1 aliphatic rings. The predicted octanol–water partition coefficient (Wildman–Crippen LogP) is 2.23. The second-order valence-corrected chi connectivity index (χ2v) is 4.87. The smallest absolute Gasteiger partial charge is 0.0628 e. The zero-order valence-electron chi connectivity index (χ0n) is 10.5. The molecule has 1 aromatic heterocycles. The van der Waals surface area contributed by atoms with Crippen LogP contribution in [0.4, 0.5) is 0 Å². The van der Waals surface area contributed by atoms with E-state index in [2.05, 4.69) is 28.2 Å². The zero-order valence-corrected chi connectivity index (χ0v) is 10.5. The molecule has 3 heteroatoms. The quantitative estimate of drug-likeness (QED) is 0.773. The molecule has 0 radical (unpaired) electrons. The number of hydrogen-bond donors (Lipinski definition) is 1. The molecule has 90 valence electrons. The molecule has 0 aliphatic heterocycles. The third kappa shape index (κ3) is 2.64. The zero-order chi connectivity index (χ0) is 11.4. The minimum atomic E-state index is 0.774. The van der Waals surface area contributed by atoms with Gasteiger partial charge in [0.15, 0.2) is 0 Å². The van der Waals surface area contributed by atoms with E-state index in [9.17, 15) is 0 Å². The molecule has 0 spiro atoms. The van der Waals surface area contributed by atoms with Crippen LogP contribution in [0.25, 0.3) is 0 Å². The number of nitrogens with zero attached hydrogens (tertiary/aromatic N) is 2. The van der Waals surface area contributed by atoms with E-state index < -0.39 is 0 Å². The van der Waals surface area contributed by atoms with Crippen molar-refractivity contribution in [2.75, 3.05) is 13.6 Å². The van der Waals surface area contributed by atoms with Gasteiger partial charge in [-0.25, -0.2) is 0 Å². The number of nitrogens with one attached hydrogen (secondary N) is 1. The van der Waals surface area contributed by atoms with Crippen LogP contribution in [0.2, 0.25) is 0 Å². The van der Waals surface area contributed by atoms with Gasteiger partial charge in [0.1, 0.15) is 0 Å². The van der Waals surface area contributed by atoms with Gasteiger partial charge in [-0.05, 0) is 45.3 Å². The molecule has 2 rings (SSSR count). The summed E-state index contributed by atoms with van der Waals surface area (Å²) in [5.41, 5.74) is 2.72. The molecular formula is C13H23N3. The molecule has 0 bridgehead atoms. The first-order valence-corrected chi connectivity index (χ1v) is 6.48. The lowest BCUT2D eigenvalue weighted by atomic mass is 10.0. The minimum Gasteiger partial charge on any atom is -0.320 e. The van der Waals surface area contributed by atoms with E-state index in [1.807, 2.05) is 7.05 Å². The molecule has 0 atom stereocenters. The first-order chi connectivity index (χ1) is 7.81. The van der Waals surface area contributed by atoms with Crippen molar-refractivity contribution in [2.24, 2.45) is 7.05 Å². The van der Waals surface area contributed by atoms with Gasteiger partial charge in [-0.3, -0.25) is 4.68 Å². The van der Waals surface area contributed by atoms with E-state index in [1.165, 1.54) is 43.5 Å². The fourth-order valence-electron chi connectivity index (χ4n) is 2.72. The van der Waals surface area contributed by atoms with E-state index in [0.29, 0.717) is 0 Å². The molecule has 0 saturated heterocycles. The Kier molecular flexibility index (Phi) is 3.99. The van der Waals surface area contributed by atoms with Crippen LogP contribution in [0.5, 0.6) is 0 Å². The number of aryl methyl sites for hydroxylation is 2. The first kappa shape index (κ1) is 11.6. The van der Waals surface area contributed by atoms with Gasteiger partial charge in [-0.1, -0.05) is 12.8 Å². The largest absolute Gasteiger partial charge is 0.320 e. The second kappa shape index (κ2) is 5.48. The molecule has 1 aromatic rings. The van der Waals surface area contributed by atoms with Gasteiger partial charge < -0.3 is 5.32 Å². The first-order valence-electron chi connectivity index (χ1n) is 6.48. The maximum Gasteiger partial charge on any atom is 0.0628 e. The molecule has 0 unspecified atom stereocenters. The minimum absolute atomic E-state index is 0.774. The Bertz CT molecular complexity index is 324. The van der Waals surface area contributed by atoms with Gasteiger partial charge in [0.25, 0.3) is 0 Å². The normalized spacial score (nSPS) is 17.1. The lowest BCUT2D eigenvalue weighted by Crippen LogP contribution is -2.08. The summed E-state index contributed by atoms with van der Waals surface area (Å²) < 4.78 is 2.10. The molecule has 0 amide bonds. The number of rotatable bonds is 5. The van der Waals surface area contributed by atoms with Crippen molar-refractivity contribution in [3.05, 3.63) is 17.5 Å². The second-order valence-electron chi connectivity index (χ2n) is 4.87. The fourth-order valence-corrected chi connectivity index (χ4v) is 2.72. The Morgan fingerprint density at radius 1 is 1.44 bits per heavy atom. The highest BCUT2D eigenvalue weighted by Gasteiger charge is 2.20. The summed E-state index contributed by atoms with van der Waals surface area (Å²) in [6.07, 6.45) is 7.78. The summed E-state index contributed by atoms with van der Waals surface area (Å²) in [4.78, 5) is 0. The Morgan fingerprint density at radius 3 is 2.88 bits per heavy atom. The van der Waals surface area contributed by atoms with Gasteiger partial charge >= 0.3 is 0 Å². The van der Waals surface area contributed by atoms with Crippen LogP contribution in [0.3, 0.4) is 0 Å². The van der Waals surface area contributed by atoms with Crippen molar-refractivity contribution >= 4 is 0 Å². The summed E-state index contributed by atoms with van der Waals surface area (Å²) >= 11 is 0. The van der Waals surface area contributed by atoms with Gasteiger partial charge in [0.2, 0.25) is 0 Å². The molecule has 1 saturated carbocycles. The van der Waals surface area contributed by atoms with Gasteiger partial charge in [-0.2, -0.15) is 5.10 Å². The number of aromatic nitrogens is 2. The molecule has 16 heavy (non-hydrogen) atoms. The van der Waals surface area contributed by atoms with Crippen LogP contribution in [0, 0.1) is 0 Å². The maximum absolute atomic E-state index is 4.62. The van der Waals surface area contributed by atoms with Gasteiger partial charge in [-0.15, -0.1) is 0 Å². The molecule has 1 fully saturated rings. The average Bonchev–Trinajstić information content (AvgIpc) is 2.87. The summed E-state index contributed by atoms with van der Waals surface area (Å²) in [6, 6.07) is 2.33. The maximum atomic E-state index is 4.62. The average molecular weight is 221 g/mol. The van der Waals surface area contributed by atoms with E-state index >= 15 is 0 Å². The highest BCUT2D eigenvalue weighted by atomic mass is 15.3. The van der Waals surface area contributed by atoms with E-state index in [1.54, 1.807) is 0 Å². The van der Waals surface area contributed by atoms with Crippen LogP contribution in [0.1, 0.15) is 49.4 Å². The Morgan fingerprint density at radius 2 is 2.19 bits per heavy atom. The Labute approximate surface area is 98.2 Å². The van der Waals surface area contributed by atoms with Crippen LogP contribution in [0.15, 0.2) is 6.07 Å². The highest BCUT2D eigenvalue weighted by molar-refractivity contribution is 5.16. The van der Waals surface area contributed by atoms with E-state index in [0.717, 1.165) is 18.9 Å². The molecule has 1 aliphatic carbocycles. The predicted molar refractivity (Wildman–Crippen MR) is 66.7 cm³/mol. The SMILES string of the molecule is CNCCCc1cc(C2CCCC2)n(C)n1. The topological polar surface area (TPSA) is 29.9 Å². The third-order valence-corrected chi connectivity index (χ3v) is 3.60. The van der Waals surface area contributed by atoms with Crippen molar-refractivity contribution in [1.82, 2.24) is 15.1 Å². The Hall–Kier alpha value is -0.830. The number of hydrogen-bond acceptors (Lipinski definition) is 2. The van der Waals surface area contributed by atoms with Crippen molar-refractivity contribution in [1.29, 1.82) is 0 Å². The molecular weight excluding hydrogens is 198 g/mol. The van der Waals surface area contributed by atoms with E-state index in [4.69, 9.17) is 0 Å². The lowest BCUT2D eigenvalue weighted by Gasteiger charge is -2.07. The molecule has 1 N–H and O–H groups in total. The van der Waals surface area contributed by atoms with Crippen molar-refractivity contribution in [3.63, 3.8) is 0 Å². The monoisotopic (exact) mass is 221 g/mol. The molecule has 1 heterocycles. The molecule has 0 aromatic carbocycles. The van der Waals surface area contributed by atoms with E-state index in [-0.39, 0.29) is 0 Å². The van der Waals surface area contributed by atoms with Crippen LogP contribution >= 0.6 is 0 Å². The summed E-state index contributed by atoms with van der Waals surface area (Å²) in [6.45, 7) is 1.08. The third-order valence-electron chi connectivity index (χ3n) is 3.60. The molecule has 3 nitrogen and oxygen atoms in total. The van der Waals surface area contributed by atoms with Crippen LogP contribution < -0.4 is 5.32 Å². The van der Waals surface area contributed by atoms with Gasteiger partial charge in [0, 0.05) is 18.7 Å². The summed E-state index contributed by atoms with van der Waals surface area (Å²) in [7, 11) is 4.09. The van der Waals surface area contributed by atoms with Crippen molar-refractivity contribution in [3.8, 4) is 0 Å². The lowest BCUT2D eigenvalue weighted by molar-refractivity contribution is 0.611. The summed E-state index contributed by atoms with van der Waals surface area (Å²) in [5, 5.41) is 7.80. The van der Waals surface area contributed by atoms with Crippen LogP contribution in [-0.2, 0) is 13.5 Å². The summed E-state index contributed by atoms with van der Waals surface area (Å²) in [5.74, 6) is 0.774. The Balaban J connectivity index is 1.97. The van der Waals surface area contributed by atoms with Crippen LogP contribution in [-0.4, -0.2) is 23.4 Å². The highest BCUT2D eigenvalue weighted by Crippen LogP contribution is 2.34. The van der Waals surface area contributed by atoms with Gasteiger partial charge in [0.05, 0.1) is 5.69 Å². The standard InChI is InChI=1S/C13H23N3/c1-14-9-5-8-12-10-13(16(2)15-12)11-6-3-4-7-11/h10-11,14H,3-9H2,1-2H3. The van der Waals surface area contributed by atoms with Crippen molar-refractivity contribution < 1.29 is 0 Å². The van der Waals surface area contributed by atoms with Crippen molar-refractivity contribution in [2.45, 2.75) is 44.4 Å². The fraction of sp³-hybridized carbons (Fsp3) is 0.769.